The fourth-order valence-corrected chi connectivity index (χ4v) is 0. The minimum absolute atomic E-state index is 0. The zero-order valence-corrected chi connectivity index (χ0v) is 16.5. The maximum Gasteiger partial charge on any atom is 0 e. The van der Waals surface area contributed by atoms with Gasteiger partial charge in [0.1, 0.15) is 0 Å². The van der Waals surface area contributed by atoms with Gasteiger partial charge in [0.05, 0.1) is 0 Å². The van der Waals surface area contributed by atoms with Crippen LogP contribution in [0.4, 0.5) is 0 Å². The smallest absolute Gasteiger partial charge is 0 e. The van der Waals surface area contributed by atoms with E-state index in [-0.39, 0.29) is 105 Å². The third-order valence-electron chi connectivity index (χ3n) is 0. The molecule has 0 nitrogen and oxygen atoms in total. The normalized spacial score (nSPS) is 0. The van der Waals surface area contributed by atoms with E-state index in [1.54, 1.807) is 0 Å². The van der Waals surface area contributed by atoms with Gasteiger partial charge < -0.3 is 0 Å². The summed E-state index contributed by atoms with van der Waals surface area (Å²) < 4.78 is 0. The maximum atomic E-state index is 0. The molecule has 0 aromatic rings. The summed E-state index contributed by atoms with van der Waals surface area (Å²) in [6.45, 7) is 0. The first-order valence-electron chi connectivity index (χ1n) is 0. The summed E-state index contributed by atoms with van der Waals surface area (Å²) in [6, 6.07) is 0. The number of rotatable bonds is 0. The van der Waals surface area contributed by atoms with Gasteiger partial charge in [-0.1, -0.05) is 0 Å². The molecule has 0 amide bonds. The Hall–Kier alpha value is 3.42. The van der Waals surface area contributed by atoms with Crippen molar-refractivity contribution in [2.45, 2.75) is 0 Å². The average molecular weight is 922 g/mol. The Morgan fingerprint density at radius 3 is 0.400 bits per heavy atom. The number of hydrogen-bond acceptors (Lipinski definition) is 0. The van der Waals surface area contributed by atoms with E-state index in [0.717, 1.165) is 0 Å². The molecule has 0 aliphatic heterocycles. The molecule has 0 saturated carbocycles. The van der Waals surface area contributed by atoms with Crippen LogP contribution in [0.2, 0.25) is 0 Å². The Balaban J connectivity index is 0. The van der Waals surface area contributed by atoms with E-state index in [1.165, 1.54) is 0 Å². The summed E-state index contributed by atoms with van der Waals surface area (Å²) in [7, 11) is 0. The summed E-state index contributed by atoms with van der Waals surface area (Å²) in [5.41, 5.74) is 0. The van der Waals surface area contributed by atoms with Crippen molar-refractivity contribution in [3.05, 3.63) is 0 Å². The van der Waals surface area contributed by atoms with Crippen LogP contribution in [0, 0.1) is 0 Å². The zero-order chi connectivity index (χ0) is 0. The van der Waals surface area contributed by atoms with E-state index in [2.05, 4.69) is 0 Å². The zero-order valence-electron chi connectivity index (χ0n) is 2.01. The van der Waals surface area contributed by atoms with Crippen molar-refractivity contribution in [3.63, 3.8) is 0 Å². The van der Waals surface area contributed by atoms with Crippen LogP contribution in [0.3, 0.4) is 0 Å². The number of hydrogen-bond donors (Lipinski definition) is 0. The fourth-order valence-electron chi connectivity index (χ4n) is 0. The van der Waals surface area contributed by atoms with Crippen LogP contribution in [0.15, 0.2) is 0 Å². The fraction of sp³-hybridized carbons (Fsp3) is 0. The molecule has 0 aromatic heterocycles. The quantitative estimate of drug-likeness (QED) is 0.322. The third-order valence-corrected chi connectivity index (χ3v) is 0. The van der Waals surface area contributed by atoms with Gasteiger partial charge >= 0.3 is 0 Å². The Kier molecular flexibility index (Phi) is 208. The second kappa shape index (κ2) is 26.2. The molecule has 31 valence electrons. The Labute approximate surface area is 103 Å². The molecule has 0 heterocycles. The standard InChI is InChI=1S/Re.4W. The second-order valence-corrected chi connectivity index (χ2v) is 0. The van der Waals surface area contributed by atoms with Gasteiger partial charge in [-0.2, -0.15) is 0 Å². The molecule has 0 aliphatic carbocycles. The SMILES string of the molecule is [Re].[W].[W].[W].[W]. The van der Waals surface area contributed by atoms with Crippen molar-refractivity contribution in [2.75, 3.05) is 0 Å². The molecule has 0 aliphatic rings. The van der Waals surface area contributed by atoms with Gasteiger partial charge in [0.25, 0.3) is 0 Å². The van der Waals surface area contributed by atoms with Gasteiger partial charge in [-0.05, 0) is 0 Å². The largest absolute Gasteiger partial charge is 0 e. The van der Waals surface area contributed by atoms with Crippen molar-refractivity contribution in [3.8, 4) is 0 Å². The molecule has 0 saturated heterocycles. The Bertz CT molecular complexity index is 3.61. The molecule has 0 spiro atoms. The van der Waals surface area contributed by atoms with E-state index in [1.807, 2.05) is 0 Å². The van der Waals surface area contributed by atoms with E-state index >= 15 is 0 Å². The monoisotopic (exact) mass is 923 g/mol. The van der Waals surface area contributed by atoms with Crippen LogP contribution in [-0.2, 0) is 105 Å². The minimum Gasteiger partial charge on any atom is 0 e. The van der Waals surface area contributed by atoms with Crippen LogP contribution in [0.25, 0.3) is 0 Å². The average Bonchev–Trinajstić information content (AvgIpc) is 0. The van der Waals surface area contributed by atoms with Crippen molar-refractivity contribution < 1.29 is 105 Å². The van der Waals surface area contributed by atoms with Crippen LogP contribution in [0.5, 0.6) is 0 Å². The van der Waals surface area contributed by atoms with Gasteiger partial charge in [-0.15, -0.1) is 0 Å². The molecule has 5 heteroatoms. The molecule has 0 unspecified atom stereocenters. The van der Waals surface area contributed by atoms with Gasteiger partial charge in [0.15, 0.2) is 0 Å². The van der Waals surface area contributed by atoms with Crippen molar-refractivity contribution in [1.29, 1.82) is 0 Å². The summed E-state index contributed by atoms with van der Waals surface area (Å²) >= 11 is 0. The van der Waals surface area contributed by atoms with Crippen LogP contribution < -0.4 is 0 Å². The summed E-state index contributed by atoms with van der Waals surface area (Å²) in [5.74, 6) is 0. The summed E-state index contributed by atoms with van der Waals surface area (Å²) in [5, 5.41) is 0. The van der Waals surface area contributed by atoms with Gasteiger partial charge in [-0.25, -0.2) is 0 Å². The molecule has 0 N–H and O–H groups in total. The molecule has 0 rings (SSSR count). The molecule has 0 atom stereocenters. The molecule has 0 aromatic carbocycles. The summed E-state index contributed by atoms with van der Waals surface area (Å²) in [6.07, 6.45) is 0. The van der Waals surface area contributed by atoms with Crippen LogP contribution >= 0.6 is 0 Å². The predicted octanol–water partition coefficient (Wildman–Crippen LogP) is -0.0125. The van der Waals surface area contributed by atoms with E-state index < -0.39 is 0 Å². The maximum absolute atomic E-state index is 0. The Morgan fingerprint density at radius 2 is 0.400 bits per heavy atom. The molecule has 5 heavy (non-hydrogen) atoms. The minimum atomic E-state index is 0. The first-order chi connectivity index (χ1) is 0. The first kappa shape index (κ1) is 39.7. The van der Waals surface area contributed by atoms with Crippen molar-refractivity contribution in [2.24, 2.45) is 0 Å². The summed E-state index contributed by atoms with van der Waals surface area (Å²) in [4.78, 5) is 0. The van der Waals surface area contributed by atoms with Gasteiger partial charge in [-0.3, -0.25) is 0 Å². The van der Waals surface area contributed by atoms with E-state index in [0.29, 0.717) is 0 Å². The third kappa shape index (κ3) is 18.6. The van der Waals surface area contributed by atoms with Crippen molar-refractivity contribution in [1.82, 2.24) is 0 Å². The van der Waals surface area contributed by atoms with Crippen molar-refractivity contribution >= 4 is 0 Å². The van der Waals surface area contributed by atoms with Crippen LogP contribution in [0.1, 0.15) is 0 Å². The first-order valence-corrected chi connectivity index (χ1v) is 0. The Morgan fingerprint density at radius 1 is 0.400 bits per heavy atom. The molecule has 1 radical (unpaired) electrons. The second-order valence-electron chi connectivity index (χ2n) is 0. The van der Waals surface area contributed by atoms with Gasteiger partial charge in [0.2, 0.25) is 0 Å². The van der Waals surface area contributed by atoms with Crippen LogP contribution in [-0.4, -0.2) is 0 Å². The molecule has 0 fully saturated rings. The van der Waals surface area contributed by atoms with Gasteiger partial charge in [0, 0.05) is 105 Å². The molecule has 0 bridgehead atoms. The topological polar surface area (TPSA) is 0 Å². The van der Waals surface area contributed by atoms with E-state index in [9.17, 15) is 0 Å². The van der Waals surface area contributed by atoms with E-state index in [4.69, 9.17) is 0 Å². The molecular formula is ReW4. The predicted molar refractivity (Wildman–Crippen MR) is 0 cm³/mol. The molecular weight excluding hydrogens is 922 g/mol.